The Balaban J connectivity index is 1.86. The molecule has 30 heavy (non-hydrogen) atoms. The van der Waals surface area contributed by atoms with Gasteiger partial charge in [-0.15, -0.1) is 0 Å². The van der Waals surface area contributed by atoms with Crippen LogP contribution in [-0.4, -0.2) is 71.6 Å². The maximum absolute atomic E-state index is 12.7. The smallest absolute Gasteiger partial charge is 0.334 e. The third kappa shape index (κ3) is 4.14. The van der Waals surface area contributed by atoms with E-state index in [1.807, 2.05) is 0 Å². The highest BCUT2D eigenvalue weighted by Gasteiger charge is 2.64. The molecule has 1 aromatic carbocycles. The molecule has 1 aromatic rings. The van der Waals surface area contributed by atoms with Gasteiger partial charge in [0.2, 0.25) is 0 Å². The second-order valence-corrected chi connectivity index (χ2v) is 7.35. The molecule has 2 fully saturated rings. The van der Waals surface area contributed by atoms with E-state index < -0.39 is 59.9 Å². The highest BCUT2D eigenvalue weighted by molar-refractivity contribution is 5.99. The lowest BCUT2D eigenvalue weighted by atomic mass is 9.86. The van der Waals surface area contributed by atoms with E-state index in [9.17, 15) is 24.3 Å². The number of rotatable bonds is 5. The monoisotopic (exact) mass is 421 g/mol. The zero-order valence-electron chi connectivity index (χ0n) is 16.7. The van der Waals surface area contributed by atoms with Crippen LogP contribution in [0.25, 0.3) is 0 Å². The minimum Gasteiger partial charge on any atom is -0.463 e. The number of nitrogens with one attached hydrogen (secondary N) is 1. The fraction of sp³-hybridized carbons (Fsp3) is 0.500. The Hall–Kier alpha value is -2.98. The zero-order chi connectivity index (χ0) is 22.1. The summed E-state index contributed by atoms with van der Waals surface area (Å²) in [6, 6.07) is 8.24. The van der Waals surface area contributed by atoms with Crippen LogP contribution in [0, 0.1) is 0 Å². The van der Waals surface area contributed by atoms with Gasteiger partial charge in [-0.2, -0.15) is 0 Å². The number of carbonyl (C=O) groups excluding carboxylic acids is 4. The van der Waals surface area contributed by atoms with E-state index in [1.54, 1.807) is 30.3 Å². The Labute approximate surface area is 172 Å². The first-order chi connectivity index (χ1) is 14.1. The molecule has 2 saturated heterocycles. The Kier molecular flexibility index (Phi) is 6.09. The van der Waals surface area contributed by atoms with E-state index in [0.29, 0.717) is 5.56 Å². The molecule has 2 aliphatic heterocycles. The largest absolute Gasteiger partial charge is 0.463 e. The van der Waals surface area contributed by atoms with Gasteiger partial charge in [-0.05, 0) is 19.1 Å². The molecule has 0 radical (unpaired) electrons. The summed E-state index contributed by atoms with van der Waals surface area (Å²) < 4.78 is 21.3. The van der Waals surface area contributed by atoms with Gasteiger partial charge in [-0.3, -0.25) is 14.4 Å². The molecule has 0 saturated carbocycles. The third-order valence-corrected chi connectivity index (χ3v) is 5.06. The van der Waals surface area contributed by atoms with Crippen molar-refractivity contribution in [3.8, 4) is 0 Å². The van der Waals surface area contributed by atoms with Crippen molar-refractivity contribution in [2.24, 2.45) is 0 Å². The lowest BCUT2D eigenvalue weighted by Crippen LogP contribution is -2.66. The van der Waals surface area contributed by atoms with Crippen molar-refractivity contribution in [3.63, 3.8) is 0 Å². The molecule has 1 amide bonds. The molecular formula is C20H23NO9. The lowest BCUT2D eigenvalue weighted by Gasteiger charge is -2.42. The standard InChI is InChI=1S/C20H23NO9/c1-10(22)27-9-13-15(28-11(2)23)14(24)16-17(29-13)20(3,19(26)30-16)21-18(25)12-7-5-4-6-8-12/h4-8,13-17,24H,9H2,1-3H3,(H,21,25)/t13-,14+,15-,16+,17+,20-/m1/s1. The van der Waals surface area contributed by atoms with Crippen LogP contribution < -0.4 is 5.32 Å². The predicted molar refractivity (Wildman–Crippen MR) is 99.0 cm³/mol. The lowest BCUT2D eigenvalue weighted by molar-refractivity contribution is -0.233. The van der Waals surface area contributed by atoms with Crippen molar-refractivity contribution < 1.29 is 43.2 Å². The Morgan fingerprint density at radius 1 is 1.17 bits per heavy atom. The first kappa shape index (κ1) is 21.7. The molecule has 2 N–H and O–H groups in total. The van der Waals surface area contributed by atoms with E-state index in [4.69, 9.17) is 18.9 Å². The van der Waals surface area contributed by atoms with Crippen LogP contribution in [0.5, 0.6) is 0 Å². The van der Waals surface area contributed by atoms with Crippen LogP contribution >= 0.6 is 0 Å². The summed E-state index contributed by atoms with van der Waals surface area (Å²) in [4.78, 5) is 48.0. The minimum absolute atomic E-state index is 0.320. The van der Waals surface area contributed by atoms with Crippen molar-refractivity contribution in [1.29, 1.82) is 0 Å². The molecule has 3 rings (SSSR count). The van der Waals surface area contributed by atoms with Crippen molar-refractivity contribution in [2.75, 3.05) is 6.61 Å². The van der Waals surface area contributed by atoms with E-state index >= 15 is 0 Å². The molecule has 6 atom stereocenters. The molecule has 2 heterocycles. The first-order valence-corrected chi connectivity index (χ1v) is 9.36. The summed E-state index contributed by atoms with van der Waals surface area (Å²) in [7, 11) is 0. The van der Waals surface area contributed by atoms with Gasteiger partial charge in [0, 0.05) is 19.4 Å². The van der Waals surface area contributed by atoms with Crippen LogP contribution in [0.1, 0.15) is 31.1 Å². The Morgan fingerprint density at radius 3 is 2.43 bits per heavy atom. The second kappa shape index (κ2) is 8.41. The number of aliphatic hydroxyl groups is 1. The third-order valence-electron chi connectivity index (χ3n) is 5.06. The Morgan fingerprint density at radius 2 is 1.83 bits per heavy atom. The van der Waals surface area contributed by atoms with Crippen molar-refractivity contribution in [1.82, 2.24) is 5.32 Å². The molecule has 0 unspecified atom stereocenters. The van der Waals surface area contributed by atoms with Crippen LogP contribution in [0.15, 0.2) is 30.3 Å². The summed E-state index contributed by atoms with van der Waals surface area (Å²) in [5.41, 5.74) is -1.31. The van der Waals surface area contributed by atoms with Gasteiger partial charge in [0.25, 0.3) is 5.91 Å². The average Bonchev–Trinajstić information content (AvgIpc) is 2.93. The topological polar surface area (TPSA) is 137 Å². The number of ether oxygens (including phenoxy) is 4. The predicted octanol–water partition coefficient (Wildman–Crippen LogP) is -0.276. The summed E-state index contributed by atoms with van der Waals surface area (Å²) in [6.45, 7) is 3.43. The van der Waals surface area contributed by atoms with Gasteiger partial charge in [-0.1, -0.05) is 18.2 Å². The highest BCUT2D eigenvalue weighted by Crippen LogP contribution is 2.38. The van der Waals surface area contributed by atoms with Crippen molar-refractivity contribution >= 4 is 23.8 Å². The summed E-state index contributed by atoms with van der Waals surface area (Å²) in [5.74, 6) is -2.64. The van der Waals surface area contributed by atoms with Gasteiger partial charge >= 0.3 is 17.9 Å². The normalized spacial score (nSPS) is 32.5. The van der Waals surface area contributed by atoms with E-state index in [2.05, 4.69) is 5.32 Å². The number of benzene rings is 1. The number of fused-ring (bicyclic) bond motifs is 1. The summed E-state index contributed by atoms with van der Waals surface area (Å²) in [5, 5.41) is 13.4. The van der Waals surface area contributed by atoms with Gasteiger partial charge in [0.15, 0.2) is 17.7 Å². The van der Waals surface area contributed by atoms with Crippen molar-refractivity contribution in [3.05, 3.63) is 35.9 Å². The molecule has 0 aromatic heterocycles. The van der Waals surface area contributed by atoms with Crippen LogP contribution in [0.3, 0.4) is 0 Å². The average molecular weight is 421 g/mol. The molecule has 162 valence electrons. The van der Waals surface area contributed by atoms with Gasteiger partial charge in [0.1, 0.15) is 24.9 Å². The summed E-state index contributed by atoms with van der Waals surface area (Å²) >= 11 is 0. The van der Waals surface area contributed by atoms with E-state index in [0.717, 1.165) is 6.92 Å². The quantitative estimate of drug-likeness (QED) is 0.486. The Bertz CT molecular complexity index is 842. The zero-order valence-corrected chi connectivity index (χ0v) is 16.7. The van der Waals surface area contributed by atoms with E-state index in [1.165, 1.54) is 13.8 Å². The van der Waals surface area contributed by atoms with E-state index in [-0.39, 0.29) is 6.61 Å². The molecule has 0 bridgehead atoms. The van der Waals surface area contributed by atoms with Gasteiger partial charge < -0.3 is 29.4 Å². The first-order valence-electron chi connectivity index (χ1n) is 9.36. The summed E-state index contributed by atoms with van der Waals surface area (Å²) in [6.07, 6.45) is -6.07. The van der Waals surface area contributed by atoms with Crippen LogP contribution in [0.2, 0.25) is 0 Å². The van der Waals surface area contributed by atoms with Crippen LogP contribution in [0.4, 0.5) is 0 Å². The maximum Gasteiger partial charge on any atom is 0.334 e. The second-order valence-electron chi connectivity index (χ2n) is 7.35. The number of aliphatic hydroxyl groups excluding tert-OH is 1. The maximum atomic E-state index is 12.7. The van der Waals surface area contributed by atoms with Gasteiger partial charge in [-0.25, -0.2) is 4.79 Å². The molecule has 0 spiro atoms. The minimum atomic E-state index is -1.63. The number of hydrogen-bond acceptors (Lipinski definition) is 9. The van der Waals surface area contributed by atoms with Crippen molar-refractivity contribution in [2.45, 2.75) is 56.8 Å². The fourth-order valence-electron chi connectivity index (χ4n) is 3.58. The molecule has 0 aliphatic carbocycles. The SMILES string of the molecule is CC(=O)OC[C@H]1O[C@H]2[C@@H](OC(=O)[C@]2(C)NC(=O)c2ccccc2)[C@@H](O)[C@@H]1OC(C)=O. The number of hydrogen-bond donors (Lipinski definition) is 2. The molecule has 10 heteroatoms. The number of esters is 3. The molecule has 2 aliphatic rings. The number of amides is 1. The molecular weight excluding hydrogens is 398 g/mol. The van der Waals surface area contributed by atoms with Gasteiger partial charge in [0.05, 0.1) is 0 Å². The molecule has 10 nitrogen and oxygen atoms in total. The highest BCUT2D eigenvalue weighted by atomic mass is 16.6. The number of carbonyl (C=O) groups is 4. The van der Waals surface area contributed by atoms with Crippen LogP contribution in [-0.2, 0) is 33.3 Å². The fourth-order valence-corrected chi connectivity index (χ4v) is 3.58.